The van der Waals surface area contributed by atoms with Crippen LogP contribution in [0, 0.1) is 22.7 Å². The number of fused-ring (bicyclic) bond motifs is 1. The summed E-state index contributed by atoms with van der Waals surface area (Å²) in [6.45, 7) is 6.95. The molecule has 1 aliphatic carbocycles. The van der Waals surface area contributed by atoms with Crippen molar-refractivity contribution in [3.05, 3.63) is 44.2 Å². The van der Waals surface area contributed by atoms with E-state index >= 15 is 0 Å². The van der Waals surface area contributed by atoms with E-state index in [1.54, 1.807) is 11.3 Å². The Morgan fingerprint density at radius 1 is 1.33 bits per heavy atom. The normalized spacial score (nSPS) is 17.0. The van der Waals surface area contributed by atoms with Crippen LogP contribution in [-0.4, -0.2) is 20.3 Å². The molecule has 0 spiro atoms. The van der Waals surface area contributed by atoms with Gasteiger partial charge in [-0.3, -0.25) is 0 Å². The molecule has 0 N–H and O–H groups in total. The van der Waals surface area contributed by atoms with Gasteiger partial charge >= 0.3 is 0 Å². The molecule has 0 saturated carbocycles. The highest BCUT2D eigenvalue weighted by molar-refractivity contribution is 9.10. The molecule has 142 valence electrons. The molecule has 2 aromatic rings. The van der Waals surface area contributed by atoms with Gasteiger partial charge in [0.25, 0.3) is 0 Å². The lowest BCUT2D eigenvalue weighted by molar-refractivity contribution is 0.218. The fraction of sp³-hybridized carbons (Fsp3) is 0.455. The number of nitriles is 1. The van der Waals surface area contributed by atoms with Gasteiger partial charge in [-0.1, -0.05) is 26.8 Å². The minimum Gasteiger partial charge on any atom is -0.377 e. The molecule has 27 heavy (non-hydrogen) atoms. The summed E-state index contributed by atoms with van der Waals surface area (Å²) in [5.74, 6) is 0.668. The molecular formula is C22H26BrN3S. The van der Waals surface area contributed by atoms with E-state index in [1.807, 2.05) is 20.3 Å². The van der Waals surface area contributed by atoms with E-state index in [1.165, 1.54) is 10.4 Å². The zero-order valence-electron chi connectivity index (χ0n) is 16.6. The number of thiophene rings is 1. The monoisotopic (exact) mass is 443 g/mol. The third-order valence-electron chi connectivity index (χ3n) is 5.37. The molecule has 0 radical (unpaired) electrons. The lowest BCUT2D eigenvalue weighted by Crippen LogP contribution is -2.26. The zero-order chi connectivity index (χ0) is 19.8. The number of hydrogen-bond acceptors (Lipinski definition) is 4. The summed E-state index contributed by atoms with van der Waals surface area (Å²) in [6.07, 6.45) is 5.08. The second kappa shape index (κ2) is 7.77. The quantitative estimate of drug-likeness (QED) is 0.518. The largest absolute Gasteiger partial charge is 0.377 e. The van der Waals surface area contributed by atoms with Crippen molar-refractivity contribution in [1.29, 1.82) is 5.26 Å². The van der Waals surface area contributed by atoms with Crippen LogP contribution in [0.5, 0.6) is 0 Å². The predicted molar refractivity (Wildman–Crippen MR) is 120 cm³/mol. The first-order valence-electron chi connectivity index (χ1n) is 9.26. The Labute approximate surface area is 174 Å². The number of halogens is 1. The summed E-state index contributed by atoms with van der Waals surface area (Å²) in [7, 11) is 4.04. The molecule has 0 fully saturated rings. The van der Waals surface area contributed by atoms with E-state index in [0.29, 0.717) is 11.3 Å². The summed E-state index contributed by atoms with van der Waals surface area (Å²) in [6, 6.07) is 8.60. The maximum absolute atomic E-state index is 9.70. The van der Waals surface area contributed by atoms with Gasteiger partial charge in [0.1, 0.15) is 11.1 Å². The summed E-state index contributed by atoms with van der Waals surface area (Å²) >= 11 is 5.32. The first kappa shape index (κ1) is 20.1. The van der Waals surface area contributed by atoms with Crippen molar-refractivity contribution < 1.29 is 0 Å². The molecule has 0 aliphatic heterocycles. The number of aliphatic imine (C=N–C) groups is 1. The van der Waals surface area contributed by atoms with Crippen LogP contribution >= 0.6 is 27.3 Å². The van der Waals surface area contributed by atoms with Crippen LogP contribution < -0.4 is 4.90 Å². The van der Waals surface area contributed by atoms with Crippen LogP contribution in [0.2, 0.25) is 0 Å². The number of rotatable bonds is 3. The lowest BCUT2D eigenvalue weighted by Gasteiger charge is -2.33. The summed E-state index contributed by atoms with van der Waals surface area (Å²) in [5.41, 5.74) is 4.47. The molecule has 1 aliphatic rings. The van der Waals surface area contributed by atoms with Gasteiger partial charge in [-0.25, -0.2) is 4.99 Å². The van der Waals surface area contributed by atoms with Crippen molar-refractivity contribution in [3.8, 4) is 6.07 Å². The molecule has 0 bridgehead atoms. The molecule has 3 rings (SSSR count). The van der Waals surface area contributed by atoms with Crippen LogP contribution in [0.3, 0.4) is 0 Å². The maximum Gasteiger partial charge on any atom is 0.134 e. The molecule has 5 heteroatoms. The summed E-state index contributed by atoms with van der Waals surface area (Å²) in [4.78, 5) is 8.11. The van der Waals surface area contributed by atoms with Gasteiger partial charge in [-0.15, -0.1) is 11.3 Å². The minimum absolute atomic E-state index is 0.304. The first-order valence-corrected chi connectivity index (χ1v) is 10.9. The molecule has 1 aromatic carbocycles. The number of benzene rings is 1. The standard InChI is InChI=1S/C22H26BrN3S/c1-22(2,3)15-7-8-16-17(12-24)21(27-20(16)11-15)25-13-14-6-9-19(26(4)5)18(23)10-14/h6,9-10,13,15H,7-8,11H2,1-5H3/t15-/m0/s1. The highest BCUT2D eigenvalue weighted by Crippen LogP contribution is 2.44. The van der Waals surface area contributed by atoms with Gasteiger partial charge < -0.3 is 4.90 Å². The third-order valence-corrected chi connectivity index (χ3v) is 7.17. The fourth-order valence-corrected chi connectivity index (χ4v) is 5.59. The molecular weight excluding hydrogens is 418 g/mol. The van der Waals surface area contributed by atoms with Crippen LogP contribution in [0.4, 0.5) is 10.7 Å². The third kappa shape index (κ3) is 4.28. The lowest BCUT2D eigenvalue weighted by atomic mass is 9.72. The van der Waals surface area contributed by atoms with Gasteiger partial charge in [0, 0.05) is 29.7 Å². The number of hydrogen-bond donors (Lipinski definition) is 0. The van der Waals surface area contributed by atoms with Gasteiger partial charge in [-0.05, 0) is 69.8 Å². The Bertz CT molecular complexity index is 913. The smallest absolute Gasteiger partial charge is 0.134 e. The van der Waals surface area contributed by atoms with Crippen molar-refractivity contribution >= 4 is 44.2 Å². The molecule has 0 amide bonds. The Hall–Kier alpha value is -1.64. The highest BCUT2D eigenvalue weighted by Gasteiger charge is 2.32. The van der Waals surface area contributed by atoms with Crippen molar-refractivity contribution in [2.45, 2.75) is 40.0 Å². The first-order chi connectivity index (χ1) is 12.7. The van der Waals surface area contributed by atoms with Gasteiger partial charge in [0.15, 0.2) is 0 Å². The predicted octanol–water partition coefficient (Wildman–Crippen LogP) is 6.35. The summed E-state index contributed by atoms with van der Waals surface area (Å²) in [5, 5.41) is 10.5. The SMILES string of the molecule is CN(C)c1ccc(C=Nc2sc3c(c2C#N)CC[C@H](C(C)(C)C)C3)cc1Br. The van der Waals surface area contributed by atoms with Crippen molar-refractivity contribution in [1.82, 2.24) is 0 Å². The van der Waals surface area contributed by atoms with E-state index in [-0.39, 0.29) is 0 Å². The molecule has 1 atom stereocenters. The van der Waals surface area contributed by atoms with Crippen LogP contribution in [0.15, 0.2) is 27.7 Å². The summed E-state index contributed by atoms with van der Waals surface area (Å²) < 4.78 is 1.04. The van der Waals surface area contributed by atoms with Crippen LogP contribution in [-0.2, 0) is 12.8 Å². The van der Waals surface area contributed by atoms with Crippen molar-refractivity contribution in [2.24, 2.45) is 16.3 Å². The molecule has 1 heterocycles. The number of anilines is 1. The van der Waals surface area contributed by atoms with Gasteiger partial charge in [0.2, 0.25) is 0 Å². The molecule has 3 nitrogen and oxygen atoms in total. The number of nitrogens with zero attached hydrogens (tertiary/aromatic N) is 3. The molecule has 1 aromatic heterocycles. The molecule has 0 unspecified atom stereocenters. The van der Waals surface area contributed by atoms with Crippen LogP contribution in [0.1, 0.15) is 48.8 Å². The topological polar surface area (TPSA) is 39.4 Å². The Kier molecular flexibility index (Phi) is 5.79. The zero-order valence-corrected chi connectivity index (χ0v) is 19.0. The average molecular weight is 444 g/mol. The second-order valence-corrected chi connectivity index (χ2v) is 10.4. The van der Waals surface area contributed by atoms with Crippen molar-refractivity contribution in [2.75, 3.05) is 19.0 Å². The van der Waals surface area contributed by atoms with E-state index < -0.39 is 0 Å². The van der Waals surface area contributed by atoms with E-state index in [4.69, 9.17) is 4.99 Å². The van der Waals surface area contributed by atoms with E-state index in [9.17, 15) is 5.26 Å². The highest BCUT2D eigenvalue weighted by atomic mass is 79.9. The van der Waals surface area contributed by atoms with Crippen molar-refractivity contribution in [3.63, 3.8) is 0 Å². The average Bonchev–Trinajstić information content (AvgIpc) is 2.95. The van der Waals surface area contributed by atoms with Gasteiger partial charge in [-0.2, -0.15) is 5.26 Å². The Morgan fingerprint density at radius 2 is 2.07 bits per heavy atom. The van der Waals surface area contributed by atoms with Crippen LogP contribution in [0.25, 0.3) is 0 Å². The maximum atomic E-state index is 9.70. The van der Waals surface area contributed by atoms with E-state index in [2.05, 4.69) is 65.9 Å². The van der Waals surface area contributed by atoms with E-state index in [0.717, 1.165) is 45.6 Å². The Balaban J connectivity index is 1.88. The minimum atomic E-state index is 0.304. The fourth-order valence-electron chi connectivity index (χ4n) is 3.62. The molecule has 0 saturated heterocycles. The Morgan fingerprint density at radius 3 is 2.67 bits per heavy atom. The second-order valence-electron chi connectivity index (χ2n) is 8.46. The van der Waals surface area contributed by atoms with Gasteiger partial charge in [0.05, 0.1) is 11.3 Å².